The molecule has 1 saturated carbocycles. The Morgan fingerprint density at radius 3 is 2.65 bits per heavy atom. The van der Waals surface area contributed by atoms with Crippen molar-refractivity contribution in [3.63, 3.8) is 0 Å². The molecule has 1 aromatic carbocycles. The topological polar surface area (TPSA) is 71.3 Å². The molecule has 3 rings (SSSR count). The Morgan fingerprint density at radius 1 is 1.31 bits per heavy atom. The molecule has 1 N–H and O–H groups in total. The van der Waals surface area contributed by atoms with Crippen molar-refractivity contribution in [2.24, 2.45) is 0 Å². The Bertz CT molecular complexity index is 735. The van der Waals surface area contributed by atoms with Gasteiger partial charge in [0.1, 0.15) is 0 Å². The summed E-state index contributed by atoms with van der Waals surface area (Å²) in [6, 6.07) is 9.66. The largest absolute Gasteiger partial charge is 0.340 e. The Labute approximate surface area is 154 Å². The minimum atomic E-state index is -0.387. The van der Waals surface area contributed by atoms with Crippen molar-refractivity contribution < 1.29 is 9.32 Å². The van der Waals surface area contributed by atoms with Gasteiger partial charge in [0.15, 0.2) is 5.82 Å². The third kappa shape index (κ3) is 4.02. The lowest BCUT2D eigenvalue weighted by atomic mass is 9.81. The SMILES string of the molecule is C=CCN(C(=O)CNC1(c2noc(C)n2)CCCCC1)c1ccccc1. The molecule has 0 unspecified atom stereocenters. The number of anilines is 1. The second kappa shape index (κ2) is 8.27. The first-order chi connectivity index (χ1) is 12.6. The maximum atomic E-state index is 12.9. The summed E-state index contributed by atoms with van der Waals surface area (Å²) in [6.07, 6.45) is 6.93. The molecular weight excluding hydrogens is 328 g/mol. The lowest BCUT2D eigenvalue weighted by Crippen LogP contribution is -2.50. The molecule has 1 aromatic heterocycles. The average molecular weight is 354 g/mol. The van der Waals surface area contributed by atoms with Gasteiger partial charge < -0.3 is 9.42 Å². The van der Waals surface area contributed by atoms with Crippen LogP contribution in [0.4, 0.5) is 5.69 Å². The van der Waals surface area contributed by atoms with E-state index in [1.165, 1.54) is 6.42 Å². The molecule has 1 aliphatic rings. The number of nitrogens with zero attached hydrogens (tertiary/aromatic N) is 3. The van der Waals surface area contributed by atoms with Gasteiger partial charge in [0.05, 0.1) is 12.1 Å². The molecule has 0 aliphatic heterocycles. The highest BCUT2D eigenvalue weighted by Gasteiger charge is 2.38. The van der Waals surface area contributed by atoms with E-state index >= 15 is 0 Å². The van der Waals surface area contributed by atoms with E-state index in [9.17, 15) is 4.79 Å². The standard InChI is InChI=1S/C20H26N4O2/c1-3-14-24(17-10-6-4-7-11-17)18(25)15-21-20(12-8-5-9-13-20)19-22-16(2)26-23-19/h3-4,6-7,10-11,21H,1,5,8-9,12-15H2,2H3. The number of rotatable bonds is 7. The molecular formula is C20H26N4O2. The fraction of sp³-hybridized carbons (Fsp3) is 0.450. The third-order valence-corrected chi connectivity index (χ3v) is 4.92. The summed E-state index contributed by atoms with van der Waals surface area (Å²) in [4.78, 5) is 19.1. The van der Waals surface area contributed by atoms with Gasteiger partial charge in [-0.1, -0.05) is 48.7 Å². The van der Waals surface area contributed by atoms with Crippen molar-refractivity contribution in [1.82, 2.24) is 15.5 Å². The summed E-state index contributed by atoms with van der Waals surface area (Å²) in [5, 5.41) is 7.60. The van der Waals surface area contributed by atoms with Gasteiger partial charge in [-0.05, 0) is 25.0 Å². The lowest BCUT2D eigenvalue weighted by Gasteiger charge is -2.36. The van der Waals surface area contributed by atoms with E-state index in [0.29, 0.717) is 18.3 Å². The molecule has 0 spiro atoms. The van der Waals surface area contributed by atoms with Gasteiger partial charge in [-0.25, -0.2) is 0 Å². The molecule has 2 aromatic rings. The van der Waals surface area contributed by atoms with Gasteiger partial charge in [0.2, 0.25) is 11.8 Å². The van der Waals surface area contributed by atoms with Gasteiger partial charge in [0.25, 0.3) is 0 Å². The Kier molecular flexibility index (Phi) is 5.83. The van der Waals surface area contributed by atoms with Crippen LogP contribution in [-0.4, -0.2) is 29.1 Å². The summed E-state index contributed by atoms with van der Waals surface area (Å²) in [6.45, 7) is 6.26. The van der Waals surface area contributed by atoms with Gasteiger partial charge in [0, 0.05) is 19.2 Å². The fourth-order valence-corrected chi connectivity index (χ4v) is 3.56. The first kappa shape index (κ1) is 18.3. The number of carbonyl (C=O) groups is 1. The van der Waals surface area contributed by atoms with Gasteiger partial charge >= 0.3 is 0 Å². The van der Waals surface area contributed by atoms with Crippen LogP contribution in [0, 0.1) is 6.92 Å². The predicted molar refractivity (Wildman–Crippen MR) is 101 cm³/mol. The average Bonchev–Trinajstić information content (AvgIpc) is 3.13. The predicted octanol–water partition coefficient (Wildman–Crippen LogP) is 3.35. The molecule has 6 nitrogen and oxygen atoms in total. The molecule has 1 amide bonds. The van der Waals surface area contributed by atoms with Crippen molar-refractivity contribution in [2.45, 2.75) is 44.6 Å². The van der Waals surface area contributed by atoms with Crippen LogP contribution in [0.15, 0.2) is 47.5 Å². The first-order valence-electron chi connectivity index (χ1n) is 9.17. The molecule has 0 atom stereocenters. The second-order valence-electron chi connectivity index (χ2n) is 6.76. The van der Waals surface area contributed by atoms with Crippen LogP contribution >= 0.6 is 0 Å². The zero-order valence-electron chi connectivity index (χ0n) is 15.3. The second-order valence-corrected chi connectivity index (χ2v) is 6.76. The molecule has 0 saturated heterocycles. The third-order valence-electron chi connectivity index (χ3n) is 4.92. The summed E-state index contributed by atoms with van der Waals surface area (Å²) in [5.41, 5.74) is 0.481. The highest BCUT2D eigenvalue weighted by molar-refractivity contribution is 5.95. The van der Waals surface area contributed by atoms with Gasteiger partial charge in [-0.3, -0.25) is 10.1 Å². The number of carbonyl (C=O) groups excluding carboxylic acids is 1. The van der Waals surface area contributed by atoms with Crippen LogP contribution in [0.25, 0.3) is 0 Å². The van der Waals surface area contributed by atoms with Crippen molar-refractivity contribution in [2.75, 3.05) is 18.0 Å². The minimum absolute atomic E-state index is 0.00117. The number of aryl methyl sites for hydroxylation is 1. The van der Waals surface area contributed by atoms with Crippen molar-refractivity contribution in [1.29, 1.82) is 0 Å². The van der Waals surface area contributed by atoms with E-state index in [2.05, 4.69) is 22.0 Å². The lowest BCUT2D eigenvalue weighted by molar-refractivity contribution is -0.118. The summed E-state index contributed by atoms with van der Waals surface area (Å²) in [5.74, 6) is 1.22. The maximum Gasteiger partial charge on any atom is 0.241 e. The Morgan fingerprint density at radius 2 is 2.04 bits per heavy atom. The molecule has 1 aliphatic carbocycles. The summed E-state index contributed by atoms with van der Waals surface area (Å²) in [7, 11) is 0. The number of aromatic nitrogens is 2. The molecule has 26 heavy (non-hydrogen) atoms. The smallest absolute Gasteiger partial charge is 0.241 e. The van der Waals surface area contributed by atoms with E-state index in [4.69, 9.17) is 4.52 Å². The van der Waals surface area contributed by atoms with Crippen LogP contribution in [0.3, 0.4) is 0 Å². The van der Waals surface area contributed by atoms with Crippen LogP contribution in [0.5, 0.6) is 0 Å². The summed E-state index contributed by atoms with van der Waals surface area (Å²) >= 11 is 0. The number of amides is 1. The zero-order valence-corrected chi connectivity index (χ0v) is 15.3. The number of para-hydroxylation sites is 1. The van der Waals surface area contributed by atoms with E-state index in [1.807, 2.05) is 30.3 Å². The van der Waals surface area contributed by atoms with E-state index in [0.717, 1.165) is 31.4 Å². The Hall–Kier alpha value is -2.47. The molecule has 6 heteroatoms. The number of hydrogen-bond acceptors (Lipinski definition) is 5. The van der Waals surface area contributed by atoms with Crippen LogP contribution in [0.1, 0.15) is 43.8 Å². The zero-order chi connectivity index (χ0) is 18.4. The van der Waals surface area contributed by atoms with Gasteiger partial charge in [-0.2, -0.15) is 4.98 Å². The quantitative estimate of drug-likeness (QED) is 0.772. The van der Waals surface area contributed by atoms with Crippen LogP contribution in [0.2, 0.25) is 0 Å². The summed E-state index contributed by atoms with van der Waals surface area (Å²) < 4.78 is 5.20. The molecule has 1 fully saturated rings. The molecule has 0 radical (unpaired) electrons. The monoisotopic (exact) mass is 354 g/mol. The van der Waals surface area contributed by atoms with Crippen LogP contribution in [-0.2, 0) is 10.3 Å². The molecule has 0 bridgehead atoms. The van der Waals surface area contributed by atoms with Crippen molar-refractivity contribution in [3.8, 4) is 0 Å². The van der Waals surface area contributed by atoms with E-state index in [1.54, 1.807) is 17.9 Å². The van der Waals surface area contributed by atoms with Crippen LogP contribution < -0.4 is 10.2 Å². The van der Waals surface area contributed by atoms with E-state index in [-0.39, 0.29) is 18.0 Å². The van der Waals surface area contributed by atoms with Gasteiger partial charge in [-0.15, -0.1) is 6.58 Å². The normalized spacial score (nSPS) is 16.2. The number of hydrogen-bond donors (Lipinski definition) is 1. The number of benzene rings is 1. The van der Waals surface area contributed by atoms with E-state index < -0.39 is 0 Å². The van der Waals surface area contributed by atoms with Crippen molar-refractivity contribution >= 4 is 11.6 Å². The first-order valence-corrected chi connectivity index (χ1v) is 9.17. The van der Waals surface area contributed by atoms with Crippen molar-refractivity contribution in [3.05, 3.63) is 54.7 Å². The molecule has 138 valence electrons. The fourth-order valence-electron chi connectivity index (χ4n) is 3.56. The minimum Gasteiger partial charge on any atom is -0.340 e. The Balaban J connectivity index is 1.75. The highest BCUT2D eigenvalue weighted by Crippen LogP contribution is 2.35. The number of nitrogens with one attached hydrogen (secondary N) is 1. The maximum absolute atomic E-state index is 12.9. The molecule has 1 heterocycles. The highest BCUT2D eigenvalue weighted by atomic mass is 16.5.